The summed E-state index contributed by atoms with van der Waals surface area (Å²) < 4.78 is 4.65. The monoisotopic (exact) mass is 295 g/mol. The van der Waals surface area contributed by atoms with Gasteiger partial charge in [-0.25, -0.2) is 9.59 Å². The van der Waals surface area contributed by atoms with Crippen molar-refractivity contribution in [2.45, 2.75) is 26.3 Å². The lowest BCUT2D eigenvalue weighted by Gasteiger charge is -2.11. The zero-order valence-corrected chi connectivity index (χ0v) is 11.8. The number of esters is 1. The van der Waals surface area contributed by atoms with Crippen molar-refractivity contribution in [1.29, 1.82) is 0 Å². The van der Waals surface area contributed by atoms with Crippen LogP contribution >= 0.6 is 0 Å². The molecule has 1 heterocycles. The molecule has 0 radical (unpaired) electrons. The highest BCUT2D eigenvalue weighted by Crippen LogP contribution is 1.93. The smallest absolute Gasteiger partial charge is 0.344 e. The standard InChI is InChI=1S/C13H17N3O5/c1-3-8(2)15-13(20)16-10(17)7-21-12(19)9-5-4-6-14-11(9)18/h4-6,8H,3,7H2,1-2H3,(H,14,18)(H2,15,16,17,20)/t8-/m1/s1. The van der Waals surface area contributed by atoms with E-state index in [9.17, 15) is 19.2 Å². The van der Waals surface area contributed by atoms with Crippen molar-refractivity contribution in [3.63, 3.8) is 0 Å². The fourth-order valence-electron chi connectivity index (χ4n) is 1.32. The van der Waals surface area contributed by atoms with Gasteiger partial charge in [0.2, 0.25) is 0 Å². The molecule has 0 saturated heterocycles. The van der Waals surface area contributed by atoms with Crippen molar-refractivity contribution in [3.05, 3.63) is 34.2 Å². The third-order valence-electron chi connectivity index (χ3n) is 2.62. The fraction of sp³-hybridized carbons (Fsp3) is 0.385. The summed E-state index contributed by atoms with van der Waals surface area (Å²) in [7, 11) is 0. The Morgan fingerprint density at radius 2 is 2.10 bits per heavy atom. The Labute approximate surface area is 120 Å². The van der Waals surface area contributed by atoms with Crippen LogP contribution in [0.1, 0.15) is 30.6 Å². The van der Waals surface area contributed by atoms with E-state index in [-0.39, 0.29) is 11.6 Å². The van der Waals surface area contributed by atoms with Crippen LogP contribution in [0.4, 0.5) is 4.79 Å². The number of rotatable bonds is 5. The summed E-state index contributed by atoms with van der Waals surface area (Å²) in [5.41, 5.74) is -0.827. The van der Waals surface area contributed by atoms with Crippen LogP contribution < -0.4 is 16.2 Å². The first-order valence-electron chi connectivity index (χ1n) is 6.39. The molecule has 21 heavy (non-hydrogen) atoms. The Kier molecular flexibility index (Phi) is 6.12. The lowest BCUT2D eigenvalue weighted by atomic mass is 10.3. The van der Waals surface area contributed by atoms with Gasteiger partial charge in [0.1, 0.15) is 5.56 Å². The van der Waals surface area contributed by atoms with Crippen molar-refractivity contribution in [1.82, 2.24) is 15.6 Å². The van der Waals surface area contributed by atoms with Crippen molar-refractivity contribution < 1.29 is 19.1 Å². The van der Waals surface area contributed by atoms with Gasteiger partial charge in [-0.15, -0.1) is 0 Å². The summed E-state index contributed by atoms with van der Waals surface area (Å²) in [6.45, 7) is 3.01. The van der Waals surface area contributed by atoms with Gasteiger partial charge in [0.05, 0.1) is 0 Å². The normalized spacial score (nSPS) is 11.3. The minimum atomic E-state index is -0.936. The van der Waals surface area contributed by atoms with Crippen LogP contribution in [0.2, 0.25) is 0 Å². The molecule has 0 bridgehead atoms. The van der Waals surface area contributed by atoms with E-state index in [1.807, 2.05) is 12.2 Å². The van der Waals surface area contributed by atoms with E-state index in [4.69, 9.17) is 0 Å². The van der Waals surface area contributed by atoms with E-state index in [2.05, 4.69) is 15.0 Å². The Hall–Kier alpha value is -2.64. The number of urea groups is 1. The number of aromatic nitrogens is 1. The topological polar surface area (TPSA) is 117 Å². The van der Waals surface area contributed by atoms with Crippen LogP contribution in [0, 0.1) is 0 Å². The van der Waals surface area contributed by atoms with E-state index < -0.39 is 30.1 Å². The predicted octanol–water partition coefficient (Wildman–Crippen LogP) is 0.156. The number of hydrogen-bond donors (Lipinski definition) is 3. The molecule has 0 saturated carbocycles. The number of H-pyrrole nitrogens is 1. The maximum atomic E-state index is 11.6. The van der Waals surface area contributed by atoms with Gasteiger partial charge in [-0.2, -0.15) is 0 Å². The van der Waals surface area contributed by atoms with Gasteiger partial charge in [0, 0.05) is 12.2 Å². The highest BCUT2D eigenvalue weighted by molar-refractivity contribution is 5.96. The first kappa shape index (κ1) is 16.4. The molecule has 0 aliphatic rings. The number of hydrogen-bond acceptors (Lipinski definition) is 5. The number of amides is 3. The molecule has 0 aliphatic heterocycles. The number of carbonyl (C=O) groups is 3. The zero-order valence-electron chi connectivity index (χ0n) is 11.8. The molecule has 8 nitrogen and oxygen atoms in total. The quantitative estimate of drug-likeness (QED) is 0.669. The first-order valence-corrected chi connectivity index (χ1v) is 6.39. The zero-order chi connectivity index (χ0) is 15.8. The molecule has 3 N–H and O–H groups in total. The van der Waals surface area contributed by atoms with E-state index in [1.54, 1.807) is 6.92 Å². The summed E-state index contributed by atoms with van der Waals surface area (Å²) >= 11 is 0. The van der Waals surface area contributed by atoms with Crippen molar-refractivity contribution in [2.24, 2.45) is 0 Å². The number of ether oxygens (including phenoxy) is 1. The second kappa shape index (κ2) is 7.83. The van der Waals surface area contributed by atoms with Gasteiger partial charge in [-0.3, -0.25) is 14.9 Å². The Morgan fingerprint density at radius 3 is 2.71 bits per heavy atom. The summed E-state index contributed by atoms with van der Waals surface area (Å²) in [5, 5.41) is 4.54. The van der Waals surface area contributed by atoms with Crippen molar-refractivity contribution >= 4 is 17.9 Å². The maximum absolute atomic E-state index is 11.6. The molecule has 0 spiro atoms. The summed E-state index contributed by atoms with van der Waals surface area (Å²) in [6.07, 6.45) is 2.08. The summed E-state index contributed by atoms with van der Waals surface area (Å²) in [4.78, 5) is 47.9. The Bertz CT molecular complexity index is 581. The maximum Gasteiger partial charge on any atom is 0.344 e. The highest BCUT2D eigenvalue weighted by Gasteiger charge is 2.15. The molecule has 3 amide bonds. The SMILES string of the molecule is CC[C@@H](C)NC(=O)NC(=O)COC(=O)c1ccc[nH]c1=O. The van der Waals surface area contributed by atoms with E-state index in [0.717, 1.165) is 0 Å². The predicted molar refractivity (Wildman–Crippen MR) is 73.8 cm³/mol. The highest BCUT2D eigenvalue weighted by atomic mass is 16.5. The minimum absolute atomic E-state index is 0.0803. The molecule has 8 heteroatoms. The molecule has 0 unspecified atom stereocenters. The number of pyridine rings is 1. The van der Waals surface area contributed by atoms with Crippen LogP contribution in [0.25, 0.3) is 0 Å². The second-order valence-corrected chi connectivity index (χ2v) is 4.32. The molecule has 1 aromatic heterocycles. The summed E-state index contributed by atoms with van der Waals surface area (Å²) in [6, 6.07) is 1.98. The largest absolute Gasteiger partial charge is 0.452 e. The van der Waals surface area contributed by atoms with Crippen LogP contribution in [0.15, 0.2) is 23.1 Å². The summed E-state index contributed by atoms with van der Waals surface area (Å²) in [5.74, 6) is -1.72. The molecule has 1 rings (SSSR count). The molecule has 0 fully saturated rings. The Morgan fingerprint density at radius 1 is 1.38 bits per heavy atom. The third-order valence-corrected chi connectivity index (χ3v) is 2.62. The third kappa shape index (κ3) is 5.47. The molecular formula is C13H17N3O5. The number of carbonyl (C=O) groups excluding carboxylic acids is 3. The van der Waals surface area contributed by atoms with Crippen LogP contribution in [0.3, 0.4) is 0 Å². The second-order valence-electron chi connectivity index (χ2n) is 4.32. The van der Waals surface area contributed by atoms with E-state index in [0.29, 0.717) is 6.42 Å². The van der Waals surface area contributed by atoms with Gasteiger partial charge in [0.25, 0.3) is 11.5 Å². The van der Waals surface area contributed by atoms with Crippen LogP contribution in [-0.2, 0) is 9.53 Å². The average molecular weight is 295 g/mol. The van der Waals surface area contributed by atoms with Gasteiger partial charge in [-0.05, 0) is 25.5 Å². The molecule has 1 atom stereocenters. The molecule has 1 aromatic rings. The fourth-order valence-corrected chi connectivity index (χ4v) is 1.32. The number of aromatic amines is 1. The Balaban J connectivity index is 2.43. The van der Waals surface area contributed by atoms with E-state index in [1.165, 1.54) is 18.3 Å². The van der Waals surface area contributed by atoms with Gasteiger partial charge >= 0.3 is 12.0 Å². The van der Waals surface area contributed by atoms with Crippen molar-refractivity contribution in [3.8, 4) is 0 Å². The molecular weight excluding hydrogens is 278 g/mol. The van der Waals surface area contributed by atoms with E-state index >= 15 is 0 Å². The lowest BCUT2D eigenvalue weighted by molar-refractivity contribution is -0.123. The van der Waals surface area contributed by atoms with Crippen LogP contribution in [0.5, 0.6) is 0 Å². The van der Waals surface area contributed by atoms with Gasteiger partial charge < -0.3 is 15.0 Å². The van der Waals surface area contributed by atoms with Crippen LogP contribution in [-0.4, -0.2) is 35.5 Å². The lowest BCUT2D eigenvalue weighted by Crippen LogP contribution is -2.44. The molecule has 114 valence electrons. The minimum Gasteiger partial charge on any atom is -0.452 e. The molecule has 0 aliphatic carbocycles. The molecule has 0 aromatic carbocycles. The van der Waals surface area contributed by atoms with Crippen molar-refractivity contribution in [2.75, 3.05) is 6.61 Å². The number of imide groups is 1. The number of nitrogens with one attached hydrogen (secondary N) is 3. The van der Waals surface area contributed by atoms with Gasteiger partial charge in [0.15, 0.2) is 6.61 Å². The average Bonchev–Trinajstić information content (AvgIpc) is 2.44. The first-order chi connectivity index (χ1) is 9.93. The van der Waals surface area contributed by atoms with Gasteiger partial charge in [-0.1, -0.05) is 6.92 Å².